The van der Waals surface area contributed by atoms with Gasteiger partial charge < -0.3 is 15.0 Å². The van der Waals surface area contributed by atoms with Gasteiger partial charge in [-0.1, -0.05) is 0 Å². The van der Waals surface area contributed by atoms with Crippen molar-refractivity contribution in [2.45, 2.75) is 32.9 Å². The van der Waals surface area contributed by atoms with Crippen LogP contribution >= 0.6 is 11.3 Å². The molecule has 1 aromatic carbocycles. The summed E-state index contributed by atoms with van der Waals surface area (Å²) in [6.07, 6.45) is 0.906. The van der Waals surface area contributed by atoms with E-state index in [1.165, 1.54) is 16.5 Å². The van der Waals surface area contributed by atoms with Gasteiger partial charge in [-0.05, 0) is 49.4 Å². The molecule has 3 rings (SSSR count). The minimum absolute atomic E-state index is 0.0288. The molecular weight excluding hydrogens is 327 g/mol. The number of carbonyl (C=O) groups is 1. The summed E-state index contributed by atoms with van der Waals surface area (Å²) >= 11 is 1.75. The summed E-state index contributed by atoms with van der Waals surface area (Å²) in [7, 11) is 0. The first-order chi connectivity index (χ1) is 11.6. The number of carbonyl (C=O) groups excluding carboxylic acids is 1. The maximum absolute atomic E-state index is 13.9. The molecule has 128 valence electrons. The number of thiophene rings is 1. The van der Waals surface area contributed by atoms with Crippen molar-refractivity contribution in [1.29, 1.82) is 0 Å². The predicted molar refractivity (Wildman–Crippen MR) is 94.1 cm³/mol. The number of ether oxygens (including phenoxy) is 1. The maximum Gasteiger partial charge on any atom is 0.245 e. The molecule has 24 heavy (non-hydrogen) atoms. The third-order valence-electron chi connectivity index (χ3n) is 4.10. The van der Waals surface area contributed by atoms with E-state index in [-0.39, 0.29) is 11.7 Å². The monoisotopic (exact) mass is 348 g/mol. The van der Waals surface area contributed by atoms with E-state index in [0.717, 1.165) is 13.0 Å². The summed E-state index contributed by atoms with van der Waals surface area (Å²) in [6, 6.07) is 6.34. The van der Waals surface area contributed by atoms with Gasteiger partial charge in [0.1, 0.15) is 6.04 Å². The number of hydrogen-bond donors (Lipinski definition) is 1. The lowest BCUT2D eigenvalue weighted by molar-refractivity contribution is -0.132. The Balaban J connectivity index is 1.63. The van der Waals surface area contributed by atoms with Crippen LogP contribution in [0.15, 0.2) is 29.6 Å². The zero-order valence-electron chi connectivity index (χ0n) is 13.8. The molecule has 2 heterocycles. The molecule has 2 aromatic rings. The molecule has 1 aromatic heterocycles. The van der Waals surface area contributed by atoms with Gasteiger partial charge in [0.25, 0.3) is 0 Å². The standard InChI is InChI=1S/C18H21FN2O2S/c1-3-23-16-5-4-14(10-15(16)19)20-12(2)18(22)21-8-6-17-13(11-21)7-9-24-17/h4-5,7,9-10,12,20H,3,6,8,11H2,1-2H3/t12-/m1/s1. The van der Waals surface area contributed by atoms with Crippen molar-refractivity contribution >= 4 is 22.9 Å². The van der Waals surface area contributed by atoms with Crippen LogP contribution in [0.2, 0.25) is 0 Å². The first kappa shape index (κ1) is 16.8. The second-order valence-electron chi connectivity index (χ2n) is 5.82. The van der Waals surface area contributed by atoms with Gasteiger partial charge in [-0.25, -0.2) is 4.39 Å². The number of benzene rings is 1. The third-order valence-corrected chi connectivity index (χ3v) is 5.13. The molecule has 0 bridgehead atoms. The second kappa shape index (κ2) is 7.21. The molecule has 0 aliphatic carbocycles. The molecule has 1 amide bonds. The highest BCUT2D eigenvalue weighted by molar-refractivity contribution is 7.10. The smallest absolute Gasteiger partial charge is 0.245 e. The summed E-state index contributed by atoms with van der Waals surface area (Å²) in [5, 5.41) is 5.16. The number of amides is 1. The number of anilines is 1. The van der Waals surface area contributed by atoms with Crippen molar-refractivity contribution in [3.63, 3.8) is 0 Å². The number of nitrogens with zero attached hydrogens (tertiary/aromatic N) is 1. The van der Waals surface area contributed by atoms with Crippen LogP contribution in [-0.4, -0.2) is 30.0 Å². The largest absolute Gasteiger partial charge is 0.491 e. The quantitative estimate of drug-likeness (QED) is 0.896. The van der Waals surface area contributed by atoms with Crippen LogP contribution in [0.4, 0.5) is 10.1 Å². The molecule has 6 heteroatoms. The van der Waals surface area contributed by atoms with E-state index in [2.05, 4.69) is 16.8 Å². The number of rotatable bonds is 5. The summed E-state index contributed by atoms with van der Waals surface area (Å²) in [5.41, 5.74) is 1.81. The normalized spacial score (nSPS) is 14.9. The zero-order valence-corrected chi connectivity index (χ0v) is 14.7. The number of hydrogen-bond acceptors (Lipinski definition) is 4. The first-order valence-corrected chi connectivity index (χ1v) is 8.99. The lowest BCUT2D eigenvalue weighted by Gasteiger charge is -2.30. The van der Waals surface area contributed by atoms with E-state index in [1.54, 1.807) is 30.4 Å². The average molecular weight is 348 g/mol. The van der Waals surface area contributed by atoms with Crippen LogP contribution in [0.5, 0.6) is 5.75 Å². The summed E-state index contributed by atoms with van der Waals surface area (Å²) in [6.45, 7) is 5.42. The Morgan fingerprint density at radius 2 is 2.29 bits per heavy atom. The van der Waals surface area contributed by atoms with Crippen LogP contribution in [0, 0.1) is 5.82 Å². The van der Waals surface area contributed by atoms with Gasteiger partial charge in [-0.2, -0.15) is 0 Å². The highest BCUT2D eigenvalue weighted by Crippen LogP contribution is 2.25. The van der Waals surface area contributed by atoms with E-state index in [4.69, 9.17) is 4.74 Å². The predicted octanol–water partition coefficient (Wildman–Crippen LogP) is 3.67. The summed E-state index contributed by atoms with van der Waals surface area (Å²) in [4.78, 5) is 15.9. The maximum atomic E-state index is 13.9. The summed E-state index contributed by atoms with van der Waals surface area (Å²) < 4.78 is 19.1. The topological polar surface area (TPSA) is 41.6 Å². The Hall–Kier alpha value is -2.08. The molecule has 1 N–H and O–H groups in total. The molecule has 1 atom stereocenters. The van der Waals surface area contributed by atoms with Gasteiger partial charge in [-0.3, -0.25) is 4.79 Å². The number of halogens is 1. The van der Waals surface area contributed by atoms with Gasteiger partial charge in [-0.15, -0.1) is 11.3 Å². The molecule has 0 fully saturated rings. The molecule has 1 aliphatic heterocycles. The van der Waals surface area contributed by atoms with E-state index in [0.29, 0.717) is 18.8 Å². The van der Waals surface area contributed by atoms with Crippen molar-refractivity contribution in [1.82, 2.24) is 4.90 Å². The Bertz CT molecular complexity index is 732. The highest BCUT2D eigenvalue weighted by atomic mass is 32.1. The summed E-state index contributed by atoms with van der Waals surface area (Å²) in [5.74, 6) is -0.174. The number of fused-ring (bicyclic) bond motifs is 1. The Kier molecular flexibility index (Phi) is 5.04. The lowest BCUT2D eigenvalue weighted by Crippen LogP contribution is -2.43. The van der Waals surface area contributed by atoms with Gasteiger partial charge in [0, 0.05) is 29.7 Å². The van der Waals surface area contributed by atoms with Gasteiger partial charge in [0.15, 0.2) is 11.6 Å². The fourth-order valence-corrected chi connectivity index (χ4v) is 3.78. The third kappa shape index (κ3) is 3.53. The SMILES string of the molecule is CCOc1ccc(N[C@H](C)C(=O)N2CCc3sccc3C2)cc1F. The van der Waals surface area contributed by atoms with E-state index < -0.39 is 11.9 Å². The van der Waals surface area contributed by atoms with Crippen LogP contribution in [0.1, 0.15) is 24.3 Å². The average Bonchev–Trinajstić information content (AvgIpc) is 3.04. The minimum Gasteiger partial charge on any atom is -0.491 e. The number of nitrogens with one attached hydrogen (secondary N) is 1. The second-order valence-corrected chi connectivity index (χ2v) is 6.82. The van der Waals surface area contributed by atoms with Crippen molar-refractivity contribution in [3.05, 3.63) is 45.9 Å². The van der Waals surface area contributed by atoms with Gasteiger partial charge >= 0.3 is 0 Å². The zero-order chi connectivity index (χ0) is 17.1. The van der Waals surface area contributed by atoms with Crippen molar-refractivity contribution < 1.29 is 13.9 Å². The molecule has 0 radical (unpaired) electrons. The Morgan fingerprint density at radius 1 is 1.46 bits per heavy atom. The van der Waals surface area contributed by atoms with Crippen LogP contribution in [0.25, 0.3) is 0 Å². The highest BCUT2D eigenvalue weighted by Gasteiger charge is 2.25. The fraction of sp³-hybridized carbons (Fsp3) is 0.389. The van der Waals surface area contributed by atoms with Crippen LogP contribution in [-0.2, 0) is 17.8 Å². The van der Waals surface area contributed by atoms with Gasteiger partial charge in [0.2, 0.25) is 5.91 Å². The molecule has 0 saturated carbocycles. The molecule has 0 saturated heterocycles. The molecule has 4 nitrogen and oxygen atoms in total. The molecular formula is C18H21FN2O2S. The lowest BCUT2D eigenvalue weighted by atomic mass is 10.1. The minimum atomic E-state index is -0.428. The first-order valence-electron chi connectivity index (χ1n) is 8.11. The van der Waals surface area contributed by atoms with Crippen molar-refractivity contribution in [2.24, 2.45) is 0 Å². The van der Waals surface area contributed by atoms with Gasteiger partial charge in [0.05, 0.1) is 6.61 Å². The Morgan fingerprint density at radius 3 is 3.04 bits per heavy atom. The molecule has 0 unspecified atom stereocenters. The van der Waals surface area contributed by atoms with Crippen LogP contribution < -0.4 is 10.1 Å². The fourth-order valence-electron chi connectivity index (χ4n) is 2.89. The van der Waals surface area contributed by atoms with Crippen molar-refractivity contribution in [2.75, 3.05) is 18.5 Å². The van der Waals surface area contributed by atoms with E-state index >= 15 is 0 Å². The van der Waals surface area contributed by atoms with Crippen LogP contribution in [0.3, 0.4) is 0 Å². The Labute approximate surface area is 145 Å². The van der Waals surface area contributed by atoms with Crippen molar-refractivity contribution in [3.8, 4) is 5.75 Å². The molecule has 0 spiro atoms. The molecule has 1 aliphatic rings. The van der Waals surface area contributed by atoms with E-state index in [9.17, 15) is 9.18 Å². The van der Waals surface area contributed by atoms with E-state index in [1.807, 2.05) is 11.8 Å².